The molecule has 0 aliphatic heterocycles. The van der Waals surface area contributed by atoms with Crippen LogP contribution in [0.3, 0.4) is 0 Å². The Hall–Kier alpha value is -0.430. The van der Waals surface area contributed by atoms with E-state index in [9.17, 15) is 9.90 Å². The fraction of sp³-hybridized carbons (Fsp3) is 0.583. The van der Waals surface area contributed by atoms with E-state index in [2.05, 4.69) is 21.2 Å². The normalized spacial score (nSPS) is 28.1. The Morgan fingerprint density at radius 2 is 2.28 bits per heavy atom. The molecule has 0 aromatic carbocycles. The van der Waals surface area contributed by atoms with Crippen molar-refractivity contribution in [3.63, 3.8) is 0 Å². The fourth-order valence-corrected chi connectivity index (χ4v) is 3.55. The van der Waals surface area contributed by atoms with E-state index in [0.29, 0.717) is 25.7 Å². The summed E-state index contributed by atoms with van der Waals surface area (Å²) in [7, 11) is 0. The predicted octanol–water partition coefficient (Wildman–Crippen LogP) is 2.33. The van der Waals surface area contributed by atoms with E-state index in [4.69, 9.17) is 5.73 Å². The summed E-state index contributed by atoms with van der Waals surface area (Å²) in [5.41, 5.74) is 4.77. The number of nitrogens with one attached hydrogen (secondary N) is 1. The first-order chi connectivity index (χ1) is 8.52. The Morgan fingerprint density at radius 1 is 1.61 bits per heavy atom. The highest BCUT2D eigenvalue weighted by Gasteiger charge is 2.34. The second-order valence-corrected chi connectivity index (χ2v) is 6.65. The van der Waals surface area contributed by atoms with Crippen LogP contribution >= 0.6 is 27.3 Å². The van der Waals surface area contributed by atoms with E-state index in [1.807, 2.05) is 11.4 Å². The first-order valence-electron chi connectivity index (χ1n) is 6.00. The molecule has 4 N–H and O–H groups in total. The molecule has 100 valence electrons. The predicted molar refractivity (Wildman–Crippen MR) is 76.6 cm³/mol. The molecule has 1 saturated carbocycles. The lowest BCUT2D eigenvalue weighted by Gasteiger charge is -2.34. The van der Waals surface area contributed by atoms with Crippen molar-refractivity contribution in [2.75, 3.05) is 11.9 Å². The molecule has 4 nitrogen and oxygen atoms in total. The molecular formula is C12H17BrN2O2S. The molecule has 1 fully saturated rings. The van der Waals surface area contributed by atoms with Gasteiger partial charge in [-0.3, -0.25) is 4.79 Å². The molecule has 18 heavy (non-hydrogen) atoms. The van der Waals surface area contributed by atoms with E-state index in [-0.39, 0.29) is 18.4 Å². The van der Waals surface area contributed by atoms with Crippen LogP contribution in [0.25, 0.3) is 0 Å². The van der Waals surface area contributed by atoms with Crippen molar-refractivity contribution in [2.24, 2.45) is 11.7 Å². The van der Waals surface area contributed by atoms with Crippen LogP contribution in [0.4, 0.5) is 5.00 Å². The summed E-state index contributed by atoms with van der Waals surface area (Å²) in [6.07, 6.45) is 2.61. The lowest BCUT2D eigenvalue weighted by Crippen LogP contribution is -2.43. The Balaban J connectivity index is 1.88. The van der Waals surface area contributed by atoms with Gasteiger partial charge in [0.15, 0.2) is 0 Å². The molecule has 1 aromatic heterocycles. The van der Waals surface area contributed by atoms with Gasteiger partial charge < -0.3 is 16.2 Å². The van der Waals surface area contributed by atoms with E-state index < -0.39 is 5.60 Å². The molecule has 6 heteroatoms. The Kier molecular flexibility index (Phi) is 4.42. The summed E-state index contributed by atoms with van der Waals surface area (Å²) in [5.74, 6) is 0.0288. The Morgan fingerprint density at radius 3 is 2.78 bits per heavy atom. The molecule has 0 spiro atoms. The van der Waals surface area contributed by atoms with Gasteiger partial charge in [-0.15, -0.1) is 11.3 Å². The van der Waals surface area contributed by atoms with Crippen LogP contribution in [0.2, 0.25) is 0 Å². The third-order valence-corrected chi connectivity index (χ3v) is 5.09. The fourth-order valence-electron chi connectivity index (χ4n) is 2.22. The number of nitrogens with two attached hydrogens (primary N) is 1. The highest BCUT2D eigenvalue weighted by molar-refractivity contribution is 9.10. The maximum Gasteiger partial charge on any atom is 0.228 e. The van der Waals surface area contributed by atoms with Crippen molar-refractivity contribution in [3.8, 4) is 0 Å². The molecule has 1 aliphatic carbocycles. The Labute approximate surface area is 119 Å². The van der Waals surface area contributed by atoms with Gasteiger partial charge in [-0.2, -0.15) is 0 Å². The number of carbonyl (C=O) groups excluding carboxylic acids is 1. The van der Waals surface area contributed by atoms with E-state index in [1.54, 1.807) is 0 Å². The SMILES string of the molecule is NCC1(O)CCC(C(=O)Nc2cc(Br)cs2)CC1. The third kappa shape index (κ3) is 3.32. The van der Waals surface area contributed by atoms with Crippen LogP contribution in [-0.2, 0) is 4.79 Å². The number of aliphatic hydroxyl groups is 1. The largest absolute Gasteiger partial charge is 0.389 e. The van der Waals surface area contributed by atoms with Crippen LogP contribution in [0.5, 0.6) is 0 Å². The van der Waals surface area contributed by atoms with E-state index >= 15 is 0 Å². The number of anilines is 1. The monoisotopic (exact) mass is 332 g/mol. The van der Waals surface area contributed by atoms with Crippen LogP contribution in [0.1, 0.15) is 25.7 Å². The van der Waals surface area contributed by atoms with E-state index in [0.717, 1.165) is 9.47 Å². The minimum absolute atomic E-state index is 0.0160. The van der Waals surface area contributed by atoms with Crippen molar-refractivity contribution >= 4 is 38.2 Å². The van der Waals surface area contributed by atoms with Crippen molar-refractivity contribution in [2.45, 2.75) is 31.3 Å². The van der Waals surface area contributed by atoms with Crippen LogP contribution in [0, 0.1) is 5.92 Å². The molecule has 1 amide bonds. The summed E-state index contributed by atoms with van der Waals surface area (Å²) < 4.78 is 0.976. The number of hydrogen-bond acceptors (Lipinski definition) is 4. The summed E-state index contributed by atoms with van der Waals surface area (Å²) >= 11 is 4.85. The number of carbonyl (C=O) groups is 1. The number of rotatable bonds is 3. The molecule has 2 rings (SSSR count). The van der Waals surface area contributed by atoms with Crippen molar-refractivity contribution < 1.29 is 9.90 Å². The lowest BCUT2D eigenvalue weighted by atomic mass is 9.78. The third-order valence-electron chi connectivity index (χ3n) is 3.48. The lowest BCUT2D eigenvalue weighted by molar-refractivity contribution is -0.122. The maximum atomic E-state index is 12.0. The second kappa shape index (κ2) is 5.69. The zero-order valence-electron chi connectivity index (χ0n) is 9.99. The second-order valence-electron chi connectivity index (χ2n) is 4.82. The maximum absolute atomic E-state index is 12.0. The topological polar surface area (TPSA) is 75.3 Å². The Bertz CT molecular complexity index is 427. The summed E-state index contributed by atoms with van der Waals surface area (Å²) in [6, 6.07) is 1.89. The van der Waals surface area contributed by atoms with Gasteiger partial charge in [-0.1, -0.05) is 0 Å². The average Bonchev–Trinajstić information content (AvgIpc) is 2.75. The minimum Gasteiger partial charge on any atom is -0.389 e. The average molecular weight is 333 g/mol. The van der Waals surface area contributed by atoms with Gasteiger partial charge in [-0.05, 0) is 47.7 Å². The quantitative estimate of drug-likeness (QED) is 0.795. The number of amides is 1. The van der Waals surface area contributed by atoms with Gasteiger partial charge >= 0.3 is 0 Å². The number of thiophene rings is 1. The molecular weight excluding hydrogens is 316 g/mol. The molecule has 1 heterocycles. The van der Waals surface area contributed by atoms with Crippen LogP contribution in [-0.4, -0.2) is 23.2 Å². The van der Waals surface area contributed by atoms with Crippen molar-refractivity contribution in [1.29, 1.82) is 0 Å². The first kappa shape index (κ1) is 14.0. The molecule has 0 bridgehead atoms. The number of halogens is 1. The highest BCUT2D eigenvalue weighted by atomic mass is 79.9. The van der Waals surface area contributed by atoms with Crippen molar-refractivity contribution in [3.05, 3.63) is 15.9 Å². The molecule has 1 aromatic rings. The van der Waals surface area contributed by atoms with Gasteiger partial charge in [0.2, 0.25) is 5.91 Å². The summed E-state index contributed by atoms with van der Waals surface area (Å²) in [6.45, 7) is 0.277. The van der Waals surface area contributed by atoms with Gasteiger partial charge in [0, 0.05) is 22.3 Å². The van der Waals surface area contributed by atoms with Gasteiger partial charge in [0.25, 0.3) is 0 Å². The van der Waals surface area contributed by atoms with E-state index in [1.165, 1.54) is 11.3 Å². The van der Waals surface area contributed by atoms with Gasteiger partial charge in [0.1, 0.15) is 0 Å². The number of hydrogen-bond donors (Lipinski definition) is 3. The molecule has 0 atom stereocenters. The smallest absolute Gasteiger partial charge is 0.228 e. The zero-order valence-corrected chi connectivity index (χ0v) is 12.4. The zero-order chi connectivity index (χ0) is 13.2. The van der Waals surface area contributed by atoms with Crippen LogP contribution < -0.4 is 11.1 Å². The minimum atomic E-state index is -0.761. The van der Waals surface area contributed by atoms with Gasteiger partial charge in [0.05, 0.1) is 10.6 Å². The molecule has 1 aliphatic rings. The molecule has 0 radical (unpaired) electrons. The standard InChI is InChI=1S/C12H17BrN2O2S/c13-9-5-10(18-6-9)15-11(16)8-1-3-12(17,7-14)4-2-8/h5-6,8,17H,1-4,7,14H2,(H,15,16). The highest BCUT2D eigenvalue weighted by Crippen LogP contribution is 2.33. The summed E-state index contributed by atoms with van der Waals surface area (Å²) in [4.78, 5) is 12.0. The summed E-state index contributed by atoms with van der Waals surface area (Å²) in [5, 5.41) is 15.7. The van der Waals surface area contributed by atoms with Crippen LogP contribution in [0.15, 0.2) is 15.9 Å². The van der Waals surface area contributed by atoms with Crippen molar-refractivity contribution in [1.82, 2.24) is 0 Å². The van der Waals surface area contributed by atoms with Gasteiger partial charge in [-0.25, -0.2) is 0 Å². The molecule has 0 saturated heterocycles. The first-order valence-corrected chi connectivity index (χ1v) is 7.67. The molecule has 0 unspecified atom stereocenters.